The van der Waals surface area contributed by atoms with Crippen molar-refractivity contribution in [1.82, 2.24) is 9.55 Å². The number of aromatic nitrogens is 2. The SMILES string of the molecule is CCCCn1c(N)c(N(CCC(C)C)C(=O)c2cc(F)c(F)cc2Cl)c(=O)[nH]c1=O. The van der Waals surface area contributed by atoms with Crippen LogP contribution >= 0.6 is 11.6 Å². The van der Waals surface area contributed by atoms with Gasteiger partial charge in [0.1, 0.15) is 5.82 Å². The van der Waals surface area contributed by atoms with E-state index in [9.17, 15) is 23.2 Å². The maximum absolute atomic E-state index is 13.8. The van der Waals surface area contributed by atoms with Crippen LogP contribution in [0.15, 0.2) is 21.7 Å². The van der Waals surface area contributed by atoms with Crippen molar-refractivity contribution in [2.24, 2.45) is 5.92 Å². The molecule has 0 unspecified atom stereocenters. The predicted molar refractivity (Wildman–Crippen MR) is 113 cm³/mol. The van der Waals surface area contributed by atoms with Crippen molar-refractivity contribution in [3.63, 3.8) is 0 Å². The number of rotatable bonds is 8. The first-order chi connectivity index (χ1) is 14.1. The highest BCUT2D eigenvalue weighted by atomic mass is 35.5. The fraction of sp³-hybridized carbons (Fsp3) is 0.450. The summed E-state index contributed by atoms with van der Waals surface area (Å²) in [5, 5.41) is -0.303. The number of benzene rings is 1. The molecular weight excluding hydrogens is 418 g/mol. The quantitative estimate of drug-likeness (QED) is 0.610. The summed E-state index contributed by atoms with van der Waals surface area (Å²) in [5.41, 5.74) is 4.05. The van der Waals surface area contributed by atoms with E-state index in [-0.39, 0.29) is 41.1 Å². The molecule has 2 aromatic rings. The van der Waals surface area contributed by atoms with Crippen LogP contribution in [0.3, 0.4) is 0 Å². The van der Waals surface area contributed by atoms with Gasteiger partial charge in [0.05, 0.1) is 10.6 Å². The second kappa shape index (κ2) is 9.88. The zero-order chi connectivity index (χ0) is 22.6. The van der Waals surface area contributed by atoms with E-state index >= 15 is 0 Å². The molecule has 3 N–H and O–H groups in total. The number of carbonyl (C=O) groups is 1. The van der Waals surface area contributed by atoms with Gasteiger partial charge in [-0.15, -0.1) is 0 Å². The summed E-state index contributed by atoms with van der Waals surface area (Å²) >= 11 is 5.97. The molecule has 0 radical (unpaired) electrons. The molecule has 1 amide bonds. The minimum Gasteiger partial charge on any atom is -0.383 e. The van der Waals surface area contributed by atoms with Crippen LogP contribution in [0.1, 0.15) is 50.4 Å². The van der Waals surface area contributed by atoms with Crippen molar-refractivity contribution < 1.29 is 13.6 Å². The molecule has 10 heteroatoms. The van der Waals surface area contributed by atoms with Crippen LogP contribution in [0.5, 0.6) is 0 Å². The van der Waals surface area contributed by atoms with Crippen LogP contribution in [0.25, 0.3) is 0 Å². The minimum absolute atomic E-state index is 0.0606. The van der Waals surface area contributed by atoms with Crippen LogP contribution in [0, 0.1) is 17.6 Å². The van der Waals surface area contributed by atoms with Gasteiger partial charge in [-0.05, 0) is 30.9 Å². The van der Waals surface area contributed by atoms with Crippen molar-refractivity contribution in [3.05, 3.63) is 55.2 Å². The van der Waals surface area contributed by atoms with Crippen molar-refractivity contribution in [2.75, 3.05) is 17.2 Å². The van der Waals surface area contributed by atoms with E-state index in [0.717, 1.165) is 11.3 Å². The number of halogens is 3. The third-order valence-electron chi connectivity index (χ3n) is 4.63. The Morgan fingerprint density at radius 2 is 1.90 bits per heavy atom. The fourth-order valence-electron chi connectivity index (χ4n) is 2.91. The van der Waals surface area contributed by atoms with Crippen LogP contribution in [-0.2, 0) is 6.54 Å². The van der Waals surface area contributed by atoms with Crippen molar-refractivity contribution >= 4 is 29.0 Å². The molecule has 0 aliphatic heterocycles. The average Bonchev–Trinajstić information content (AvgIpc) is 2.66. The highest BCUT2D eigenvalue weighted by molar-refractivity contribution is 6.34. The summed E-state index contributed by atoms with van der Waals surface area (Å²) in [7, 11) is 0. The molecule has 30 heavy (non-hydrogen) atoms. The first-order valence-electron chi connectivity index (χ1n) is 9.67. The highest BCUT2D eigenvalue weighted by Crippen LogP contribution is 2.26. The molecule has 0 atom stereocenters. The smallest absolute Gasteiger partial charge is 0.330 e. The number of nitrogens with one attached hydrogen (secondary N) is 1. The molecule has 1 heterocycles. The molecule has 0 bridgehead atoms. The second-order valence-corrected chi connectivity index (χ2v) is 7.79. The van der Waals surface area contributed by atoms with E-state index in [2.05, 4.69) is 4.98 Å². The second-order valence-electron chi connectivity index (χ2n) is 7.38. The fourth-order valence-corrected chi connectivity index (χ4v) is 3.14. The molecule has 1 aromatic heterocycles. The molecule has 2 rings (SSSR count). The number of H-pyrrole nitrogens is 1. The largest absolute Gasteiger partial charge is 0.383 e. The van der Waals surface area contributed by atoms with E-state index in [0.29, 0.717) is 25.0 Å². The van der Waals surface area contributed by atoms with Gasteiger partial charge in [0.15, 0.2) is 17.3 Å². The van der Waals surface area contributed by atoms with Gasteiger partial charge in [-0.3, -0.25) is 19.1 Å². The lowest BCUT2D eigenvalue weighted by atomic mass is 10.1. The summed E-state index contributed by atoms with van der Waals surface area (Å²) in [5.74, 6) is -3.28. The van der Waals surface area contributed by atoms with Crippen molar-refractivity contribution in [1.29, 1.82) is 0 Å². The number of nitrogens with zero attached hydrogens (tertiary/aromatic N) is 2. The Morgan fingerprint density at radius 1 is 1.27 bits per heavy atom. The summed E-state index contributed by atoms with van der Waals surface area (Å²) in [6.45, 7) is 6.08. The molecule has 1 aromatic carbocycles. The number of hydrogen-bond acceptors (Lipinski definition) is 4. The molecule has 0 saturated carbocycles. The maximum Gasteiger partial charge on any atom is 0.330 e. The number of hydrogen-bond donors (Lipinski definition) is 2. The van der Waals surface area contributed by atoms with E-state index < -0.39 is 28.8 Å². The molecule has 164 valence electrons. The first kappa shape index (κ1) is 23.6. The van der Waals surface area contributed by atoms with Crippen LogP contribution in [0.2, 0.25) is 5.02 Å². The van der Waals surface area contributed by atoms with Gasteiger partial charge in [-0.1, -0.05) is 38.8 Å². The maximum atomic E-state index is 13.8. The Morgan fingerprint density at radius 3 is 2.50 bits per heavy atom. The van der Waals surface area contributed by atoms with Gasteiger partial charge < -0.3 is 10.6 Å². The molecule has 0 saturated heterocycles. The summed E-state index contributed by atoms with van der Waals surface area (Å²) in [6.07, 6.45) is 1.89. The highest BCUT2D eigenvalue weighted by Gasteiger charge is 2.27. The Balaban J connectivity index is 2.66. The zero-order valence-corrected chi connectivity index (χ0v) is 17.9. The van der Waals surface area contributed by atoms with E-state index in [1.165, 1.54) is 4.57 Å². The molecular formula is C20H25ClF2N4O3. The van der Waals surface area contributed by atoms with Crippen LogP contribution in [0.4, 0.5) is 20.3 Å². The number of amides is 1. The van der Waals surface area contributed by atoms with E-state index in [1.807, 2.05) is 20.8 Å². The standard InChI is InChI=1S/C20H25ClF2N4O3/c1-4-5-7-27-17(24)16(18(28)25-20(27)30)26(8-6-11(2)3)19(29)12-9-14(22)15(23)10-13(12)21/h9-11H,4-8,24H2,1-3H3,(H,25,28,30). The normalized spacial score (nSPS) is 11.2. The van der Waals surface area contributed by atoms with Gasteiger partial charge >= 0.3 is 5.69 Å². The molecule has 0 fully saturated rings. The van der Waals surface area contributed by atoms with Gasteiger partial charge in [0.25, 0.3) is 11.5 Å². The van der Waals surface area contributed by atoms with Crippen LogP contribution in [-0.4, -0.2) is 22.0 Å². The molecule has 0 spiro atoms. The first-order valence-corrected chi connectivity index (χ1v) is 10.0. The number of nitrogen functional groups attached to an aromatic ring is 1. The Bertz CT molecular complexity index is 1050. The Labute approximate surface area is 177 Å². The Kier molecular flexibility index (Phi) is 7.77. The van der Waals surface area contributed by atoms with E-state index in [4.69, 9.17) is 17.3 Å². The van der Waals surface area contributed by atoms with Gasteiger partial charge in [0, 0.05) is 13.1 Å². The van der Waals surface area contributed by atoms with Crippen molar-refractivity contribution in [2.45, 2.75) is 46.6 Å². The minimum atomic E-state index is -1.25. The van der Waals surface area contributed by atoms with Crippen molar-refractivity contribution in [3.8, 4) is 0 Å². The molecule has 7 nitrogen and oxygen atoms in total. The summed E-state index contributed by atoms with van der Waals surface area (Å²) in [4.78, 5) is 41.3. The summed E-state index contributed by atoms with van der Waals surface area (Å²) in [6, 6.07) is 1.38. The Hall–Kier alpha value is -2.68. The van der Waals surface area contributed by atoms with Gasteiger partial charge in [0.2, 0.25) is 0 Å². The van der Waals surface area contributed by atoms with Gasteiger partial charge in [-0.2, -0.15) is 0 Å². The molecule has 0 aliphatic rings. The lowest BCUT2D eigenvalue weighted by Gasteiger charge is -2.25. The lowest BCUT2D eigenvalue weighted by Crippen LogP contribution is -2.42. The van der Waals surface area contributed by atoms with E-state index in [1.54, 1.807) is 0 Å². The molecule has 0 aliphatic carbocycles. The lowest BCUT2D eigenvalue weighted by molar-refractivity contribution is 0.0985. The zero-order valence-electron chi connectivity index (χ0n) is 17.1. The van der Waals surface area contributed by atoms with Gasteiger partial charge in [-0.25, -0.2) is 13.6 Å². The monoisotopic (exact) mass is 442 g/mol. The third kappa shape index (κ3) is 5.08. The average molecular weight is 443 g/mol. The summed E-state index contributed by atoms with van der Waals surface area (Å²) < 4.78 is 28.4. The number of anilines is 2. The number of carbonyl (C=O) groups excluding carboxylic acids is 1. The van der Waals surface area contributed by atoms with Crippen LogP contribution < -0.4 is 21.9 Å². The predicted octanol–water partition coefficient (Wildman–Crippen LogP) is 3.54. The number of unbranched alkanes of at least 4 members (excludes halogenated alkanes) is 1. The third-order valence-corrected chi connectivity index (χ3v) is 4.95. The number of nitrogens with two attached hydrogens (primary N) is 1. The topological polar surface area (TPSA) is 101 Å². The number of aromatic amines is 1.